The molecule has 0 saturated carbocycles. The van der Waals surface area contributed by atoms with E-state index < -0.39 is 0 Å². The Morgan fingerprint density at radius 1 is 0.750 bits per heavy atom. The van der Waals surface area contributed by atoms with Gasteiger partial charge in [0.25, 0.3) is 0 Å². The Morgan fingerprint density at radius 2 is 1.48 bits per heavy atom. The molecule has 0 fully saturated rings. The summed E-state index contributed by atoms with van der Waals surface area (Å²) in [6.45, 7) is 22.3. The number of hydrogen-bond acceptors (Lipinski definition) is 3. The number of aromatic nitrogens is 4. The van der Waals surface area contributed by atoms with Crippen LogP contribution in [0.25, 0.3) is 44.4 Å². The van der Waals surface area contributed by atoms with Gasteiger partial charge >= 0.3 is 0 Å². The first-order valence-electron chi connectivity index (χ1n) is 18.8. The highest BCUT2D eigenvalue weighted by molar-refractivity contribution is 6.09. The van der Waals surface area contributed by atoms with E-state index in [4.69, 9.17) is 14.8 Å². The van der Waals surface area contributed by atoms with E-state index in [1.807, 2.05) is 6.20 Å². The van der Waals surface area contributed by atoms with Gasteiger partial charge in [0.1, 0.15) is 17.3 Å². The lowest BCUT2D eigenvalue weighted by Crippen LogP contribution is -2.13. The first kappa shape index (κ1) is 35.3. The van der Waals surface area contributed by atoms with Crippen molar-refractivity contribution in [2.75, 3.05) is 0 Å². The Morgan fingerprint density at radius 3 is 2.19 bits per heavy atom. The largest absolute Gasteiger partial charge is 0.457 e. The zero-order chi connectivity index (χ0) is 36.9. The van der Waals surface area contributed by atoms with Crippen molar-refractivity contribution in [2.45, 2.75) is 99.8 Å². The highest BCUT2D eigenvalue weighted by Gasteiger charge is 2.25. The van der Waals surface area contributed by atoms with E-state index in [9.17, 15) is 0 Å². The second-order valence-electron chi connectivity index (χ2n) is 15.9. The first-order valence-corrected chi connectivity index (χ1v) is 18.8. The molecule has 3 heterocycles. The maximum absolute atomic E-state index is 6.85. The van der Waals surface area contributed by atoms with Crippen LogP contribution in [0.2, 0.25) is 0 Å². The van der Waals surface area contributed by atoms with Gasteiger partial charge in [-0.15, -0.1) is 0 Å². The molecule has 0 N–H and O–H groups in total. The summed E-state index contributed by atoms with van der Waals surface area (Å²) >= 11 is 0. The fourth-order valence-electron chi connectivity index (χ4n) is 7.87. The quantitative estimate of drug-likeness (QED) is 0.152. The van der Waals surface area contributed by atoms with Gasteiger partial charge in [0, 0.05) is 34.7 Å². The highest BCUT2D eigenvalue weighted by atomic mass is 16.5. The number of benzene rings is 4. The zero-order valence-electron chi connectivity index (χ0n) is 32.6. The van der Waals surface area contributed by atoms with Crippen molar-refractivity contribution < 1.29 is 4.74 Å². The number of pyridine rings is 1. The predicted octanol–water partition coefficient (Wildman–Crippen LogP) is 12.8. The Balaban J connectivity index is 1.37. The molecule has 0 unspecified atom stereocenters. The van der Waals surface area contributed by atoms with E-state index in [1.54, 1.807) is 0 Å². The minimum absolute atomic E-state index is 0.105. The van der Waals surface area contributed by atoms with Gasteiger partial charge in [-0.25, -0.2) is 9.67 Å². The molecule has 0 aliphatic heterocycles. The Hall–Kier alpha value is -5.16. The molecule has 266 valence electrons. The van der Waals surface area contributed by atoms with Crippen LogP contribution in [-0.4, -0.2) is 19.3 Å². The minimum Gasteiger partial charge on any atom is -0.457 e. The molecular weight excluding hydrogens is 637 g/mol. The van der Waals surface area contributed by atoms with Gasteiger partial charge in [-0.2, -0.15) is 5.10 Å². The van der Waals surface area contributed by atoms with Crippen LogP contribution < -0.4 is 4.74 Å². The summed E-state index contributed by atoms with van der Waals surface area (Å²) < 4.78 is 11.3. The number of hydrogen-bond donors (Lipinski definition) is 0. The van der Waals surface area contributed by atoms with Gasteiger partial charge in [0.05, 0.1) is 28.1 Å². The van der Waals surface area contributed by atoms with Crippen molar-refractivity contribution in [2.24, 2.45) is 0 Å². The maximum Gasteiger partial charge on any atom is 0.137 e. The van der Waals surface area contributed by atoms with E-state index in [-0.39, 0.29) is 11.3 Å². The molecule has 52 heavy (non-hydrogen) atoms. The molecule has 0 amide bonds. The third-order valence-corrected chi connectivity index (χ3v) is 10.3. The van der Waals surface area contributed by atoms with Gasteiger partial charge in [-0.3, -0.25) is 4.57 Å². The lowest BCUT2D eigenvalue weighted by molar-refractivity contribution is 0.478. The predicted molar refractivity (Wildman–Crippen MR) is 218 cm³/mol. The molecule has 5 heteroatoms. The molecule has 4 aromatic carbocycles. The summed E-state index contributed by atoms with van der Waals surface area (Å²) in [6, 6.07) is 30.6. The average molecular weight is 689 g/mol. The number of ether oxygens (including phenoxy) is 1. The summed E-state index contributed by atoms with van der Waals surface area (Å²) in [4.78, 5) is 4.87. The molecule has 0 aliphatic rings. The van der Waals surface area contributed by atoms with Gasteiger partial charge in [0.2, 0.25) is 0 Å². The summed E-state index contributed by atoms with van der Waals surface area (Å²) in [5, 5.41) is 7.62. The summed E-state index contributed by atoms with van der Waals surface area (Å²) in [5.41, 5.74) is 14.2. The van der Waals surface area contributed by atoms with Crippen LogP contribution in [0.4, 0.5) is 0 Å². The third kappa shape index (κ3) is 6.53. The number of fused-ring (bicyclic) bond motifs is 3. The standard InChI is InChI=1S/C47H52N4O/c1-11-12-15-34-20-21-48-43(24-34)50-41-17-14-13-16-39(41)40-19-18-37(28-42(40)50)52-38-26-35(47(8,9)10)25-36(27-38)51-46(29(2)3)45(33(7)49-51)44-31(5)22-30(4)23-32(44)6/h13-14,16-29H,11-12,15H2,1-10H3. The molecule has 0 bridgehead atoms. The Kier molecular flexibility index (Phi) is 9.33. The topological polar surface area (TPSA) is 44.9 Å². The van der Waals surface area contributed by atoms with E-state index >= 15 is 0 Å². The molecule has 7 aromatic rings. The van der Waals surface area contributed by atoms with Gasteiger partial charge in [-0.1, -0.05) is 83.9 Å². The van der Waals surface area contributed by atoms with Crippen LogP contribution in [0.1, 0.15) is 99.5 Å². The second kappa shape index (κ2) is 13.8. The monoisotopic (exact) mass is 688 g/mol. The molecule has 5 nitrogen and oxygen atoms in total. The van der Waals surface area contributed by atoms with Crippen molar-refractivity contribution >= 4 is 21.8 Å². The number of para-hydroxylation sites is 1. The Labute approximate surface area is 309 Å². The van der Waals surface area contributed by atoms with Crippen molar-refractivity contribution in [3.63, 3.8) is 0 Å². The smallest absolute Gasteiger partial charge is 0.137 e. The fraction of sp³-hybridized carbons (Fsp3) is 0.319. The molecular formula is C47H52N4O. The zero-order valence-corrected chi connectivity index (χ0v) is 32.6. The Bertz CT molecular complexity index is 2410. The van der Waals surface area contributed by atoms with Gasteiger partial charge in [0.15, 0.2) is 0 Å². The van der Waals surface area contributed by atoms with Crippen LogP contribution in [0.5, 0.6) is 11.5 Å². The minimum atomic E-state index is -0.105. The SMILES string of the molecule is CCCCc1ccnc(-n2c3ccccc3c3ccc(Oc4cc(-n5nc(C)c(-c6c(C)cc(C)cc6C)c5C(C)C)cc(C(C)(C)C)c4)cc32)c1. The summed E-state index contributed by atoms with van der Waals surface area (Å²) in [7, 11) is 0. The summed E-state index contributed by atoms with van der Waals surface area (Å²) in [5.74, 6) is 2.75. The van der Waals surface area contributed by atoms with Crippen LogP contribution in [0, 0.1) is 27.7 Å². The first-order chi connectivity index (χ1) is 24.8. The van der Waals surface area contributed by atoms with Gasteiger partial charge in [-0.05, 0) is 122 Å². The number of nitrogens with zero attached hydrogens (tertiary/aromatic N) is 4. The van der Waals surface area contributed by atoms with Crippen LogP contribution >= 0.6 is 0 Å². The molecule has 0 atom stereocenters. The molecule has 0 saturated heterocycles. The van der Waals surface area contributed by atoms with E-state index in [0.717, 1.165) is 59.0 Å². The second-order valence-corrected chi connectivity index (χ2v) is 15.9. The van der Waals surface area contributed by atoms with Crippen molar-refractivity contribution in [3.05, 3.63) is 130 Å². The normalized spacial score (nSPS) is 12.1. The van der Waals surface area contributed by atoms with E-state index in [1.165, 1.54) is 55.4 Å². The lowest BCUT2D eigenvalue weighted by Gasteiger charge is -2.22. The summed E-state index contributed by atoms with van der Waals surface area (Å²) in [6.07, 6.45) is 5.31. The van der Waals surface area contributed by atoms with Crippen LogP contribution in [0.15, 0.2) is 91.1 Å². The van der Waals surface area contributed by atoms with Crippen molar-refractivity contribution in [1.82, 2.24) is 19.3 Å². The number of rotatable bonds is 9. The van der Waals surface area contributed by atoms with E-state index in [2.05, 4.69) is 163 Å². The molecule has 0 radical (unpaired) electrons. The van der Waals surface area contributed by atoms with Gasteiger partial charge < -0.3 is 4.74 Å². The molecule has 7 rings (SSSR count). The average Bonchev–Trinajstić information content (AvgIpc) is 3.61. The number of aryl methyl sites for hydroxylation is 5. The lowest BCUT2D eigenvalue weighted by atomic mass is 9.86. The molecule has 0 spiro atoms. The van der Waals surface area contributed by atoms with Crippen LogP contribution in [-0.2, 0) is 11.8 Å². The van der Waals surface area contributed by atoms with E-state index in [0.29, 0.717) is 0 Å². The number of unbranched alkanes of at least 4 members (excludes halogenated alkanes) is 1. The molecule has 0 aliphatic carbocycles. The maximum atomic E-state index is 6.85. The molecule has 3 aromatic heterocycles. The fourth-order valence-corrected chi connectivity index (χ4v) is 7.87. The van der Waals surface area contributed by atoms with Crippen LogP contribution in [0.3, 0.4) is 0 Å². The van der Waals surface area contributed by atoms with Crippen molar-refractivity contribution in [3.8, 4) is 34.1 Å². The third-order valence-electron chi connectivity index (χ3n) is 10.3. The highest BCUT2D eigenvalue weighted by Crippen LogP contribution is 2.41. The van der Waals surface area contributed by atoms with Crippen molar-refractivity contribution in [1.29, 1.82) is 0 Å².